The lowest BCUT2D eigenvalue weighted by Gasteiger charge is -2.06. The predicted octanol–water partition coefficient (Wildman–Crippen LogP) is 2.79. The maximum atomic E-state index is 5.71. The van der Waals surface area contributed by atoms with E-state index in [9.17, 15) is 0 Å². The average Bonchev–Trinajstić information content (AvgIpc) is 2.41. The van der Waals surface area contributed by atoms with Crippen molar-refractivity contribution >= 4 is 17.5 Å². The van der Waals surface area contributed by atoms with Crippen LogP contribution in [-0.4, -0.2) is 23.6 Å². The highest BCUT2D eigenvalue weighted by atomic mass is 35.5. The molecule has 5 heteroatoms. The minimum atomic E-state index is 0.536. The van der Waals surface area contributed by atoms with E-state index in [0.717, 1.165) is 18.7 Å². The van der Waals surface area contributed by atoms with Crippen molar-refractivity contribution in [3.05, 3.63) is 47.2 Å². The number of halogens is 1. The molecular formula is C13H14ClN3O. The van der Waals surface area contributed by atoms with Gasteiger partial charge in [-0.3, -0.25) is 0 Å². The van der Waals surface area contributed by atoms with Crippen LogP contribution in [-0.2, 0) is 6.42 Å². The molecule has 0 aliphatic heterocycles. The summed E-state index contributed by atoms with van der Waals surface area (Å²) in [5.74, 6) is 1.46. The minimum Gasteiger partial charge on any atom is -0.497 e. The smallest absolute Gasteiger partial charge is 0.222 e. The molecule has 18 heavy (non-hydrogen) atoms. The molecule has 0 aliphatic rings. The molecule has 1 aromatic heterocycles. The minimum absolute atomic E-state index is 0.536. The maximum absolute atomic E-state index is 5.71. The van der Waals surface area contributed by atoms with Crippen LogP contribution in [0.15, 0.2) is 36.7 Å². The summed E-state index contributed by atoms with van der Waals surface area (Å²) < 4.78 is 5.17. The lowest BCUT2D eigenvalue weighted by molar-refractivity contribution is 0.414. The quantitative estimate of drug-likeness (QED) is 0.901. The topological polar surface area (TPSA) is 47.0 Å². The van der Waals surface area contributed by atoms with Crippen molar-refractivity contribution < 1.29 is 4.74 Å². The van der Waals surface area contributed by atoms with Crippen molar-refractivity contribution in [3.63, 3.8) is 0 Å². The maximum Gasteiger partial charge on any atom is 0.222 e. The van der Waals surface area contributed by atoms with Crippen LogP contribution >= 0.6 is 11.6 Å². The Morgan fingerprint density at radius 1 is 1.28 bits per heavy atom. The van der Waals surface area contributed by atoms with E-state index in [1.165, 1.54) is 5.56 Å². The first-order valence-corrected chi connectivity index (χ1v) is 6.00. The van der Waals surface area contributed by atoms with Gasteiger partial charge in [-0.2, -0.15) is 0 Å². The van der Waals surface area contributed by atoms with Gasteiger partial charge in [0.1, 0.15) is 5.75 Å². The number of hydrogen-bond donors (Lipinski definition) is 1. The number of anilines is 1. The van der Waals surface area contributed by atoms with Gasteiger partial charge in [-0.05, 0) is 24.1 Å². The average molecular weight is 264 g/mol. The van der Waals surface area contributed by atoms with Crippen LogP contribution in [0.25, 0.3) is 0 Å². The molecule has 0 unspecified atom stereocenters. The van der Waals surface area contributed by atoms with E-state index in [0.29, 0.717) is 11.0 Å². The van der Waals surface area contributed by atoms with Crippen molar-refractivity contribution in [2.75, 3.05) is 19.0 Å². The molecule has 0 atom stereocenters. The van der Waals surface area contributed by atoms with E-state index in [1.807, 2.05) is 18.2 Å². The van der Waals surface area contributed by atoms with Gasteiger partial charge >= 0.3 is 0 Å². The Morgan fingerprint density at radius 3 is 2.78 bits per heavy atom. The van der Waals surface area contributed by atoms with E-state index in [-0.39, 0.29) is 0 Å². The third-order valence-corrected chi connectivity index (χ3v) is 2.65. The molecule has 0 saturated heterocycles. The van der Waals surface area contributed by atoms with Gasteiger partial charge in [0.05, 0.1) is 24.5 Å². The van der Waals surface area contributed by atoms with Crippen LogP contribution in [0.3, 0.4) is 0 Å². The van der Waals surface area contributed by atoms with E-state index >= 15 is 0 Å². The summed E-state index contributed by atoms with van der Waals surface area (Å²) in [6, 6.07) is 7.99. The number of aromatic nitrogens is 2. The number of nitrogens with zero attached hydrogens (tertiary/aromatic N) is 2. The molecule has 0 radical (unpaired) electrons. The first-order valence-electron chi connectivity index (χ1n) is 5.62. The molecule has 0 aliphatic carbocycles. The zero-order valence-electron chi connectivity index (χ0n) is 10.1. The Labute approximate surface area is 111 Å². The summed E-state index contributed by atoms with van der Waals surface area (Å²) in [5.41, 5.74) is 1.20. The molecule has 0 saturated carbocycles. The van der Waals surface area contributed by atoms with Crippen molar-refractivity contribution in [2.24, 2.45) is 0 Å². The fourth-order valence-electron chi connectivity index (χ4n) is 1.55. The molecule has 0 bridgehead atoms. The van der Waals surface area contributed by atoms with E-state index in [2.05, 4.69) is 21.4 Å². The molecule has 0 fully saturated rings. The number of nitrogens with one attached hydrogen (secondary N) is 1. The van der Waals surface area contributed by atoms with Gasteiger partial charge in [0, 0.05) is 6.54 Å². The van der Waals surface area contributed by atoms with Crippen molar-refractivity contribution in [2.45, 2.75) is 6.42 Å². The second kappa shape index (κ2) is 6.21. The Morgan fingerprint density at radius 2 is 2.06 bits per heavy atom. The van der Waals surface area contributed by atoms with E-state index < -0.39 is 0 Å². The van der Waals surface area contributed by atoms with Gasteiger partial charge in [0.25, 0.3) is 0 Å². The lowest BCUT2D eigenvalue weighted by Crippen LogP contribution is -2.07. The summed E-state index contributed by atoms with van der Waals surface area (Å²) in [5, 5.41) is 3.67. The zero-order valence-corrected chi connectivity index (χ0v) is 10.8. The normalized spacial score (nSPS) is 10.1. The summed E-state index contributed by atoms with van der Waals surface area (Å²) in [6.45, 7) is 0.759. The van der Waals surface area contributed by atoms with Crippen molar-refractivity contribution in [1.29, 1.82) is 0 Å². The van der Waals surface area contributed by atoms with Gasteiger partial charge in [-0.15, -0.1) is 0 Å². The van der Waals surface area contributed by atoms with E-state index in [1.54, 1.807) is 19.5 Å². The molecule has 0 spiro atoms. The van der Waals surface area contributed by atoms with Crippen LogP contribution in [0, 0.1) is 0 Å². The third kappa shape index (κ3) is 3.60. The van der Waals surface area contributed by atoms with Crippen LogP contribution in [0.1, 0.15) is 5.56 Å². The van der Waals surface area contributed by atoms with E-state index in [4.69, 9.17) is 16.3 Å². The van der Waals surface area contributed by atoms with Crippen LogP contribution in [0.5, 0.6) is 5.75 Å². The molecule has 1 N–H and O–H groups in total. The Balaban J connectivity index is 1.86. The SMILES string of the molecule is COc1cccc(CCNc2ncc(Cl)cn2)c1. The second-order valence-electron chi connectivity index (χ2n) is 3.75. The molecule has 1 aromatic carbocycles. The van der Waals surface area contributed by atoms with Crippen molar-refractivity contribution in [3.8, 4) is 5.75 Å². The Kier molecular flexibility index (Phi) is 4.36. The molecule has 2 rings (SSSR count). The highest BCUT2D eigenvalue weighted by molar-refractivity contribution is 6.30. The highest BCUT2D eigenvalue weighted by Crippen LogP contribution is 2.13. The van der Waals surface area contributed by atoms with Crippen LogP contribution in [0.2, 0.25) is 5.02 Å². The summed E-state index contributed by atoms with van der Waals surface area (Å²) in [6.07, 6.45) is 4.02. The van der Waals surface area contributed by atoms with Crippen LogP contribution in [0.4, 0.5) is 5.95 Å². The molecule has 4 nitrogen and oxygen atoms in total. The number of hydrogen-bond acceptors (Lipinski definition) is 4. The molecule has 94 valence electrons. The second-order valence-corrected chi connectivity index (χ2v) is 4.19. The number of rotatable bonds is 5. The van der Waals surface area contributed by atoms with Gasteiger partial charge in [0.2, 0.25) is 5.95 Å². The number of ether oxygens (including phenoxy) is 1. The molecule has 2 aromatic rings. The Hall–Kier alpha value is -1.81. The lowest BCUT2D eigenvalue weighted by atomic mass is 10.1. The predicted molar refractivity (Wildman–Crippen MR) is 72.2 cm³/mol. The first-order chi connectivity index (χ1) is 8.78. The highest BCUT2D eigenvalue weighted by Gasteiger charge is 1.98. The standard InChI is InChI=1S/C13H14ClN3O/c1-18-12-4-2-3-10(7-12)5-6-15-13-16-8-11(14)9-17-13/h2-4,7-9H,5-6H2,1H3,(H,15,16,17). The monoisotopic (exact) mass is 263 g/mol. The molecular weight excluding hydrogens is 250 g/mol. The molecule has 0 amide bonds. The van der Waals surface area contributed by atoms with Crippen molar-refractivity contribution in [1.82, 2.24) is 9.97 Å². The van der Waals surface area contributed by atoms with Gasteiger partial charge in [-0.25, -0.2) is 9.97 Å². The summed E-state index contributed by atoms with van der Waals surface area (Å²) >= 11 is 5.71. The van der Waals surface area contributed by atoms with Gasteiger partial charge < -0.3 is 10.1 Å². The number of methoxy groups -OCH3 is 1. The van der Waals surface area contributed by atoms with Gasteiger partial charge in [-0.1, -0.05) is 23.7 Å². The first kappa shape index (κ1) is 12.6. The largest absolute Gasteiger partial charge is 0.497 e. The van der Waals surface area contributed by atoms with Gasteiger partial charge in [0.15, 0.2) is 0 Å². The van der Waals surface area contributed by atoms with Crippen LogP contribution < -0.4 is 10.1 Å². The number of benzene rings is 1. The Bertz CT molecular complexity index is 502. The third-order valence-electron chi connectivity index (χ3n) is 2.45. The fraction of sp³-hybridized carbons (Fsp3) is 0.231. The summed E-state index contributed by atoms with van der Waals surface area (Å²) in [7, 11) is 1.67. The fourth-order valence-corrected chi connectivity index (χ4v) is 1.65. The zero-order chi connectivity index (χ0) is 12.8. The summed E-state index contributed by atoms with van der Waals surface area (Å²) in [4.78, 5) is 8.13. The molecule has 1 heterocycles.